The van der Waals surface area contributed by atoms with Crippen molar-refractivity contribution in [2.24, 2.45) is 11.0 Å². The van der Waals surface area contributed by atoms with E-state index in [4.69, 9.17) is 4.74 Å². The van der Waals surface area contributed by atoms with E-state index in [-0.39, 0.29) is 12.4 Å². The Morgan fingerprint density at radius 1 is 1.02 bits per heavy atom. The van der Waals surface area contributed by atoms with Crippen molar-refractivity contribution in [3.05, 3.63) is 84.2 Å². The van der Waals surface area contributed by atoms with Gasteiger partial charge in [0.05, 0.1) is 18.0 Å². The summed E-state index contributed by atoms with van der Waals surface area (Å²) in [7, 11) is 0. The van der Waals surface area contributed by atoms with E-state index in [0.717, 1.165) is 16.8 Å². The van der Waals surface area contributed by atoms with Gasteiger partial charge >= 0.3 is 18.4 Å². The number of esters is 1. The Balaban J connectivity index is 1.28. The molecule has 0 saturated carbocycles. The number of hydrogen-bond acceptors (Lipinski definition) is 8. The third-order valence-corrected chi connectivity index (χ3v) is 7.09. The number of rotatable bonds is 8. The van der Waals surface area contributed by atoms with Gasteiger partial charge in [-0.05, 0) is 87.9 Å². The smallest absolute Gasteiger partial charge is 0.465 e. The summed E-state index contributed by atoms with van der Waals surface area (Å²) in [5, 5.41) is 16.2. The number of carbonyl (C=O) groups excluding carboxylic acids is 2. The summed E-state index contributed by atoms with van der Waals surface area (Å²) in [6.07, 6.45) is -1.87. The molecule has 2 atom stereocenters. The first-order valence-corrected chi connectivity index (χ1v) is 13.9. The van der Waals surface area contributed by atoms with E-state index < -0.39 is 29.9 Å². The van der Waals surface area contributed by atoms with Gasteiger partial charge in [-0.1, -0.05) is 17.7 Å². The highest BCUT2D eigenvalue weighted by Gasteiger charge is 2.50. The number of nitrogens with zero attached hydrogens (tertiary/aromatic N) is 5. The van der Waals surface area contributed by atoms with Crippen LogP contribution in [0.3, 0.4) is 0 Å². The van der Waals surface area contributed by atoms with Crippen LogP contribution in [0.25, 0.3) is 17.1 Å². The lowest BCUT2D eigenvalue weighted by atomic mass is 9.94. The Kier molecular flexibility index (Phi) is 8.49. The molecule has 0 radical (unpaired) electrons. The first-order valence-electron chi connectivity index (χ1n) is 13.9. The molecular formula is C31H30F3N7O4. The number of carbonyl (C=O) groups is 2. The molecule has 0 aliphatic carbocycles. The Hall–Kier alpha value is -5.40. The van der Waals surface area contributed by atoms with Gasteiger partial charge in [0, 0.05) is 17.5 Å². The van der Waals surface area contributed by atoms with Crippen LogP contribution in [0.15, 0.2) is 78.2 Å². The summed E-state index contributed by atoms with van der Waals surface area (Å²) >= 11 is 0. The van der Waals surface area contributed by atoms with E-state index in [0.29, 0.717) is 22.8 Å². The number of aryl methyl sites for hydroxylation is 2. The zero-order chi connectivity index (χ0) is 32.4. The standard InChI is InChI=1S/C31H30F3N7O4/c1-5-44-28(42)25-17-36-41(26-15-6-19(2)16-20(26)3)30(25,4)38-29(43)37-22-9-7-21(8-10-22)27-35-18-40(39-27)23-11-13-24(14-12-23)45-31(32,33)34/h6-18,25H,5H2,1-4H3,(H2,37,38,43). The number of urea groups is 1. The highest BCUT2D eigenvalue weighted by molar-refractivity contribution is 5.97. The van der Waals surface area contributed by atoms with Gasteiger partial charge < -0.3 is 20.1 Å². The number of ether oxygens (including phenoxy) is 2. The highest BCUT2D eigenvalue weighted by atomic mass is 19.4. The minimum atomic E-state index is -4.78. The lowest BCUT2D eigenvalue weighted by Gasteiger charge is -2.38. The number of hydrazone groups is 1. The van der Waals surface area contributed by atoms with E-state index in [1.165, 1.54) is 41.5 Å². The van der Waals surface area contributed by atoms with Gasteiger partial charge in [0.1, 0.15) is 18.0 Å². The van der Waals surface area contributed by atoms with Crippen molar-refractivity contribution in [3.63, 3.8) is 0 Å². The molecule has 1 aliphatic rings. The second-order valence-corrected chi connectivity index (χ2v) is 10.5. The van der Waals surface area contributed by atoms with Crippen molar-refractivity contribution < 1.29 is 32.2 Å². The average molecular weight is 622 g/mol. The zero-order valence-corrected chi connectivity index (χ0v) is 24.8. The van der Waals surface area contributed by atoms with Gasteiger partial charge in [-0.15, -0.1) is 18.3 Å². The molecule has 0 spiro atoms. The summed E-state index contributed by atoms with van der Waals surface area (Å²) in [6.45, 7) is 7.50. The maximum Gasteiger partial charge on any atom is 0.573 e. The molecule has 5 rings (SSSR count). The van der Waals surface area contributed by atoms with Crippen molar-refractivity contribution in [3.8, 4) is 22.8 Å². The first kappa shape index (κ1) is 31.0. The minimum Gasteiger partial charge on any atom is -0.465 e. The highest BCUT2D eigenvalue weighted by Crippen LogP contribution is 2.36. The van der Waals surface area contributed by atoms with Gasteiger partial charge in [0.15, 0.2) is 11.5 Å². The Morgan fingerprint density at radius 2 is 1.73 bits per heavy atom. The topological polar surface area (TPSA) is 123 Å². The number of aromatic nitrogens is 3. The summed E-state index contributed by atoms with van der Waals surface area (Å²) < 4.78 is 47.9. The van der Waals surface area contributed by atoms with Crippen LogP contribution < -0.4 is 20.4 Å². The molecule has 2 N–H and O–H groups in total. The first-order chi connectivity index (χ1) is 21.4. The molecule has 2 unspecified atom stereocenters. The van der Waals surface area contributed by atoms with E-state index >= 15 is 0 Å². The van der Waals surface area contributed by atoms with Crippen LogP contribution in [0.1, 0.15) is 25.0 Å². The van der Waals surface area contributed by atoms with Crippen LogP contribution in [-0.4, -0.2) is 51.6 Å². The van der Waals surface area contributed by atoms with Crippen LogP contribution >= 0.6 is 0 Å². The van der Waals surface area contributed by atoms with Crippen LogP contribution in [-0.2, 0) is 9.53 Å². The fourth-order valence-corrected chi connectivity index (χ4v) is 4.95. The number of hydrogen-bond donors (Lipinski definition) is 2. The Bertz CT molecular complexity index is 1720. The fraction of sp³-hybridized carbons (Fsp3) is 0.258. The van der Waals surface area contributed by atoms with Crippen molar-refractivity contribution in [1.82, 2.24) is 20.1 Å². The molecule has 1 aliphatic heterocycles. The van der Waals surface area contributed by atoms with Gasteiger partial charge in [-0.3, -0.25) is 4.79 Å². The average Bonchev–Trinajstić information content (AvgIpc) is 3.58. The largest absolute Gasteiger partial charge is 0.573 e. The summed E-state index contributed by atoms with van der Waals surface area (Å²) in [4.78, 5) is 30.4. The predicted octanol–water partition coefficient (Wildman–Crippen LogP) is 5.97. The molecule has 2 heterocycles. The van der Waals surface area contributed by atoms with E-state index in [1.807, 2.05) is 32.0 Å². The predicted molar refractivity (Wildman–Crippen MR) is 161 cm³/mol. The van der Waals surface area contributed by atoms with Crippen LogP contribution in [0.4, 0.5) is 29.3 Å². The number of alkyl halides is 3. The summed E-state index contributed by atoms with van der Waals surface area (Å²) in [5.41, 5.74) is 3.02. The van der Waals surface area contributed by atoms with Crippen LogP contribution in [0, 0.1) is 19.8 Å². The fourth-order valence-electron chi connectivity index (χ4n) is 4.95. The second kappa shape index (κ2) is 12.3. The third-order valence-electron chi connectivity index (χ3n) is 7.09. The maximum absolute atomic E-state index is 13.3. The monoisotopic (exact) mass is 621 g/mol. The molecule has 3 aromatic carbocycles. The minimum absolute atomic E-state index is 0.178. The second-order valence-electron chi connectivity index (χ2n) is 10.5. The molecule has 4 aromatic rings. The molecule has 0 saturated heterocycles. The Labute approximate surface area is 256 Å². The van der Waals surface area contributed by atoms with Crippen LogP contribution in [0.2, 0.25) is 0 Å². The normalized spacial score (nSPS) is 17.7. The molecule has 14 heteroatoms. The number of anilines is 2. The molecular weight excluding hydrogens is 591 g/mol. The van der Waals surface area contributed by atoms with E-state index in [2.05, 4.69) is 30.6 Å². The van der Waals surface area contributed by atoms with Crippen molar-refractivity contribution in [2.45, 2.75) is 39.7 Å². The maximum atomic E-state index is 13.3. The molecule has 0 fully saturated rings. The number of halogens is 3. The van der Waals surface area contributed by atoms with Crippen molar-refractivity contribution in [1.29, 1.82) is 0 Å². The molecule has 234 valence electrons. The molecule has 1 aromatic heterocycles. The van der Waals surface area contributed by atoms with Crippen LogP contribution in [0.5, 0.6) is 5.75 Å². The quantitative estimate of drug-likeness (QED) is 0.232. The molecule has 2 amide bonds. The molecule has 11 nitrogen and oxygen atoms in total. The molecule has 0 bridgehead atoms. The van der Waals surface area contributed by atoms with E-state index in [9.17, 15) is 22.8 Å². The van der Waals surface area contributed by atoms with Gasteiger partial charge in [0.2, 0.25) is 0 Å². The number of amides is 2. The molecule has 45 heavy (non-hydrogen) atoms. The van der Waals surface area contributed by atoms with E-state index in [1.54, 1.807) is 43.1 Å². The van der Waals surface area contributed by atoms with Gasteiger partial charge in [-0.2, -0.15) is 5.10 Å². The summed E-state index contributed by atoms with van der Waals surface area (Å²) in [6, 6.07) is 17.2. The Morgan fingerprint density at radius 3 is 2.38 bits per heavy atom. The SMILES string of the molecule is CCOC(=O)C1C=NN(c2ccc(C)cc2C)C1(C)NC(=O)Nc1ccc(-c2ncn(-c3ccc(OC(F)(F)F)cc3)n2)cc1. The number of nitrogens with one attached hydrogen (secondary N) is 2. The number of benzene rings is 3. The van der Waals surface area contributed by atoms with Gasteiger partial charge in [-0.25, -0.2) is 19.5 Å². The van der Waals surface area contributed by atoms with Crippen molar-refractivity contribution in [2.75, 3.05) is 16.9 Å². The van der Waals surface area contributed by atoms with Gasteiger partial charge in [0.25, 0.3) is 0 Å². The third kappa shape index (κ3) is 6.89. The lowest BCUT2D eigenvalue weighted by molar-refractivity contribution is -0.274. The van der Waals surface area contributed by atoms with Crippen molar-refractivity contribution >= 4 is 29.6 Å². The lowest BCUT2D eigenvalue weighted by Crippen LogP contribution is -2.62. The zero-order valence-electron chi connectivity index (χ0n) is 24.8. The summed E-state index contributed by atoms with van der Waals surface area (Å²) in [5.74, 6) is -1.37.